The van der Waals surface area contributed by atoms with Gasteiger partial charge in [-0.25, -0.2) is 0 Å². The van der Waals surface area contributed by atoms with Gasteiger partial charge in [-0.1, -0.05) is 28.1 Å². The zero-order valence-electron chi connectivity index (χ0n) is 10.8. The van der Waals surface area contributed by atoms with Crippen LogP contribution in [0, 0.1) is 0 Å². The van der Waals surface area contributed by atoms with E-state index in [9.17, 15) is 4.79 Å². The van der Waals surface area contributed by atoms with Crippen LogP contribution in [0.2, 0.25) is 0 Å². The lowest BCUT2D eigenvalue weighted by atomic mass is 10.1. The van der Waals surface area contributed by atoms with Gasteiger partial charge in [0, 0.05) is 29.6 Å². The zero-order chi connectivity index (χ0) is 13.1. The summed E-state index contributed by atoms with van der Waals surface area (Å²) in [6, 6.07) is 8.70. The number of carbonyl (C=O) groups excluding carboxylic acids is 1. The predicted octanol–water partition coefficient (Wildman–Crippen LogP) is 2.20. The Morgan fingerprint density at radius 2 is 2.06 bits per heavy atom. The van der Waals surface area contributed by atoms with E-state index in [-0.39, 0.29) is 5.91 Å². The third-order valence-corrected chi connectivity index (χ3v) is 3.65. The normalized spacial score (nSPS) is 24.1. The average Bonchev–Trinajstić information content (AvgIpc) is 2.27. The minimum absolute atomic E-state index is 0.216. The SMILES string of the molecule is C[C@@H]1CN(C(=O)Cc2cccc(Br)c2)C[C@@H](C)N1. The second-order valence-corrected chi connectivity index (χ2v) is 5.99. The lowest BCUT2D eigenvalue weighted by molar-refractivity contribution is -0.132. The Hall–Kier alpha value is -0.870. The highest BCUT2D eigenvalue weighted by Gasteiger charge is 2.24. The molecule has 1 aromatic rings. The average molecular weight is 311 g/mol. The molecular weight excluding hydrogens is 292 g/mol. The summed E-state index contributed by atoms with van der Waals surface area (Å²) in [4.78, 5) is 14.2. The van der Waals surface area contributed by atoms with Crippen LogP contribution in [-0.2, 0) is 11.2 Å². The maximum atomic E-state index is 12.3. The summed E-state index contributed by atoms with van der Waals surface area (Å²) < 4.78 is 1.02. The molecule has 1 aliphatic heterocycles. The third-order valence-electron chi connectivity index (χ3n) is 3.15. The summed E-state index contributed by atoms with van der Waals surface area (Å²) in [7, 11) is 0. The van der Waals surface area contributed by atoms with Crippen LogP contribution < -0.4 is 5.32 Å². The monoisotopic (exact) mass is 310 g/mol. The maximum Gasteiger partial charge on any atom is 0.227 e. The van der Waals surface area contributed by atoms with E-state index >= 15 is 0 Å². The van der Waals surface area contributed by atoms with Crippen LogP contribution in [0.25, 0.3) is 0 Å². The molecule has 1 fully saturated rings. The number of carbonyl (C=O) groups is 1. The van der Waals surface area contributed by atoms with Crippen LogP contribution in [0.5, 0.6) is 0 Å². The Balaban J connectivity index is 1.99. The molecule has 4 heteroatoms. The molecule has 98 valence electrons. The lowest BCUT2D eigenvalue weighted by Crippen LogP contribution is -2.56. The minimum Gasteiger partial charge on any atom is -0.339 e. The number of amides is 1. The Labute approximate surface area is 117 Å². The first kappa shape index (κ1) is 13.6. The Morgan fingerprint density at radius 3 is 2.67 bits per heavy atom. The fourth-order valence-electron chi connectivity index (χ4n) is 2.46. The molecule has 1 aliphatic rings. The highest BCUT2D eigenvalue weighted by Crippen LogP contribution is 2.14. The van der Waals surface area contributed by atoms with E-state index in [1.807, 2.05) is 29.2 Å². The van der Waals surface area contributed by atoms with Crippen molar-refractivity contribution in [3.63, 3.8) is 0 Å². The lowest BCUT2D eigenvalue weighted by Gasteiger charge is -2.36. The molecule has 2 rings (SSSR count). The Kier molecular flexibility index (Phi) is 4.40. The summed E-state index contributed by atoms with van der Waals surface area (Å²) in [6.45, 7) is 5.85. The highest BCUT2D eigenvalue weighted by molar-refractivity contribution is 9.10. The molecule has 0 aromatic heterocycles. The molecule has 0 bridgehead atoms. The van der Waals surface area contributed by atoms with Gasteiger partial charge >= 0.3 is 0 Å². The van der Waals surface area contributed by atoms with E-state index in [0.717, 1.165) is 23.1 Å². The van der Waals surface area contributed by atoms with Crippen molar-refractivity contribution in [1.29, 1.82) is 0 Å². The summed E-state index contributed by atoms with van der Waals surface area (Å²) in [5.41, 5.74) is 1.06. The van der Waals surface area contributed by atoms with Gasteiger partial charge in [-0.2, -0.15) is 0 Å². The van der Waals surface area contributed by atoms with E-state index in [2.05, 4.69) is 35.1 Å². The first-order valence-corrected chi connectivity index (χ1v) is 7.12. The van der Waals surface area contributed by atoms with Gasteiger partial charge in [-0.3, -0.25) is 4.79 Å². The summed E-state index contributed by atoms with van der Waals surface area (Å²) in [5, 5.41) is 3.44. The van der Waals surface area contributed by atoms with Gasteiger partial charge in [-0.05, 0) is 31.5 Å². The summed E-state index contributed by atoms with van der Waals surface area (Å²) in [5.74, 6) is 0.216. The number of nitrogens with one attached hydrogen (secondary N) is 1. The topological polar surface area (TPSA) is 32.3 Å². The number of piperazine rings is 1. The van der Waals surface area contributed by atoms with Crippen LogP contribution in [0.4, 0.5) is 0 Å². The fourth-order valence-corrected chi connectivity index (χ4v) is 2.91. The van der Waals surface area contributed by atoms with E-state index in [4.69, 9.17) is 0 Å². The van der Waals surface area contributed by atoms with Crippen LogP contribution in [0.3, 0.4) is 0 Å². The molecule has 1 N–H and O–H groups in total. The number of benzene rings is 1. The second-order valence-electron chi connectivity index (χ2n) is 5.07. The first-order valence-electron chi connectivity index (χ1n) is 6.33. The van der Waals surface area contributed by atoms with Crippen LogP contribution in [0.15, 0.2) is 28.7 Å². The van der Waals surface area contributed by atoms with Crippen molar-refractivity contribution in [2.75, 3.05) is 13.1 Å². The predicted molar refractivity (Wildman–Crippen MR) is 76.5 cm³/mol. The summed E-state index contributed by atoms with van der Waals surface area (Å²) >= 11 is 3.43. The quantitative estimate of drug-likeness (QED) is 0.908. The number of rotatable bonds is 2. The fraction of sp³-hybridized carbons (Fsp3) is 0.500. The van der Waals surface area contributed by atoms with Gasteiger partial charge in [0.05, 0.1) is 6.42 Å². The van der Waals surface area contributed by atoms with Crippen molar-refractivity contribution >= 4 is 21.8 Å². The smallest absolute Gasteiger partial charge is 0.227 e. The van der Waals surface area contributed by atoms with Crippen molar-refractivity contribution in [2.24, 2.45) is 0 Å². The van der Waals surface area contributed by atoms with Crippen molar-refractivity contribution in [1.82, 2.24) is 10.2 Å². The molecule has 1 aromatic carbocycles. The first-order chi connectivity index (χ1) is 8.54. The molecule has 0 aliphatic carbocycles. The van der Waals surface area contributed by atoms with Crippen molar-refractivity contribution in [3.8, 4) is 0 Å². The van der Waals surface area contributed by atoms with E-state index in [1.54, 1.807) is 0 Å². The molecule has 0 radical (unpaired) electrons. The van der Waals surface area contributed by atoms with Gasteiger partial charge in [0.1, 0.15) is 0 Å². The molecule has 2 atom stereocenters. The largest absolute Gasteiger partial charge is 0.339 e. The molecule has 0 saturated carbocycles. The van der Waals surface area contributed by atoms with Crippen molar-refractivity contribution in [2.45, 2.75) is 32.4 Å². The maximum absolute atomic E-state index is 12.3. The highest BCUT2D eigenvalue weighted by atomic mass is 79.9. The van der Waals surface area contributed by atoms with E-state index in [0.29, 0.717) is 18.5 Å². The van der Waals surface area contributed by atoms with Gasteiger partial charge in [0.15, 0.2) is 0 Å². The standard InChI is InChI=1S/C14H19BrN2O/c1-10-8-17(9-11(2)16-10)14(18)7-12-4-3-5-13(15)6-12/h3-6,10-11,16H,7-9H2,1-2H3/t10-,11-/m1/s1. The van der Waals surface area contributed by atoms with Crippen LogP contribution in [0.1, 0.15) is 19.4 Å². The van der Waals surface area contributed by atoms with Crippen molar-refractivity contribution < 1.29 is 4.79 Å². The Bertz CT molecular complexity index is 426. The number of halogens is 1. The van der Waals surface area contributed by atoms with Gasteiger partial charge in [-0.15, -0.1) is 0 Å². The number of hydrogen-bond acceptors (Lipinski definition) is 2. The van der Waals surface area contributed by atoms with Crippen LogP contribution >= 0.6 is 15.9 Å². The Morgan fingerprint density at radius 1 is 1.39 bits per heavy atom. The van der Waals surface area contributed by atoms with Gasteiger partial charge < -0.3 is 10.2 Å². The molecule has 18 heavy (non-hydrogen) atoms. The number of hydrogen-bond donors (Lipinski definition) is 1. The van der Waals surface area contributed by atoms with Crippen LogP contribution in [-0.4, -0.2) is 36.0 Å². The molecule has 3 nitrogen and oxygen atoms in total. The van der Waals surface area contributed by atoms with E-state index in [1.165, 1.54) is 0 Å². The van der Waals surface area contributed by atoms with Crippen molar-refractivity contribution in [3.05, 3.63) is 34.3 Å². The van der Waals surface area contributed by atoms with E-state index < -0.39 is 0 Å². The molecule has 1 amide bonds. The zero-order valence-corrected chi connectivity index (χ0v) is 12.4. The molecule has 0 spiro atoms. The molecule has 0 unspecified atom stereocenters. The molecule has 1 heterocycles. The number of nitrogens with zero attached hydrogens (tertiary/aromatic N) is 1. The van der Waals surface area contributed by atoms with Gasteiger partial charge in [0.2, 0.25) is 5.91 Å². The van der Waals surface area contributed by atoms with Gasteiger partial charge in [0.25, 0.3) is 0 Å². The minimum atomic E-state index is 0.216. The molecular formula is C14H19BrN2O. The molecule has 1 saturated heterocycles. The third kappa shape index (κ3) is 3.56. The summed E-state index contributed by atoms with van der Waals surface area (Å²) in [6.07, 6.45) is 0.485. The second kappa shape index (κ2) is 5.85.